The van der Waals surface area contributed by atoms with Crippen LogP contribution in [0.25, 0.3) is 0 Å². The molecule has 0 aromatic carbocycles. The minimum Gasteiger partial charge on any atom is -0.374 e. The smallest absolute Gasteiger partial charge is 0.209 e. The van der Waals surface area contributed by atoms with Crippen molar-refractivity contribution in [3.8, 4) is 0 Å². The predicted molar refractivity (Wildman–Crippen MR) is 38.1 cm³/mol. The van der Waals surface area contributed by atoms with Gasteiger partial charge in [-0.25, -0.2) is 0 Å². The summed E-state index contributed by atoms with van der Waals surface area (Å²) in [7, 11) is 0. The molecule has 0 aromatic heterocycles. The number of nitrogens with one attached hydrogen (secondary N) is 1. The Morgan fingerprint density at radius 3 is 2.70 bits per heavy atom. The third-order valence-corrected chi connectivity index (χ3v) is 1.16. The molecule has 0 bridgehead atoms. The van der Waals surface area contributed by atoms with Gasteiger partial charge in [-0.1, -0.05) is 0 Å². The van der Waals surface area contributed by atoms with Gasteiger partial charge in [0.05, 0.1) is 0 Å². The number of aliphatic hydroxyl groups excluding tert-OH is 1. The Bertz CT molecular complexity index is 95.7. The molecule has 0 saturated carbocycles. The highest BCUT2D eigenvalue weighted by Crippen LogP contribution is 1.95. The van der Waals surface area contributed by atoms with Gasteiger partial charge in [0.15, 0.2) is 0 Å². The molecule has 0 spiro atoms. The van der Waals surface area contributed by atoms with E-state index in [1.54, 1.807) is 0 Å². The van der Waals surface area contributed by atoms with Crippen molar-refractivity contribution < 1.29 is 9.90 Å². The van der Waals surface area contributed by atoms with Gasteiger partial charge < -0.3 is 16.2 Å². The van der Waals surface area contributed by atoms with E-state index >= 15 is 0 Å². The fourth-order valence-electron chi connectivity index (χ4n) is 0.583. The van der Waals surface area contributed by atoms with Crippen LogP contribution in [0.4, 0.5) is 0 Å². The Balaban J connectivity index is 3.20. The van der Waals surface area contributed by atoms with E-state index in [0.717, 1.165) is 0 Å². The highest BCUT2D eigenvalue weighted by molar-refractivity contribution is 5.46. The second-order valence-corrected chi connectivity index (χ2v) is 2.35. The zero-order chi connectivity index (χ0) is 7.98. The molecule has 60 valence electrons. The van der Waals surface area contributed by atoms with E-state index in [0.29, 0.717) is 19.3 Å². The van der Waals surface area contributed by atoms with Crippen molar-refractivity contribution in [2.45, 2.75) is 32.0 Å². The van der Waals surface area contributed by atoms with Crippen LogP contribution in [0.1, 0.15) is 19.8 Å². The third-order valence-electron chi connectivity index (χ3n) is 1.16. The lowest BCUT2D eigenvalue weighted by atomic mass is 10.2. The lowest BCUT2D eigenvalue weighted by molar-refractivity contribution is -0.112. The standard InChI is InChI=1S/C6H14N2O2/c1-5(7)2-3-6(10)8-4-9/h4-6,10H,2-3,7H2,1H3,(H,8,9). The zero-order valence-corrected chi connectivity index (χ0v) is 6.08. The zero-order valence-electron chi connectivity index (χ0n) is 6.08. The fraction of sp³-hybridized carbons (Fsp3) is 0.833. The molecule has 0 heterocycles. The Morgan fingerprint density at radius 2 is 2.30 bits per heavy atom. The van der Waals surface area contributed by atoms with Gasteiger partial charge in [-0.3, -0.25) is 4.79 Å². The minimum atomic E-state index is -0.747. The van der Waals surface area contributed by atoms with Gasteiger partial charge in [0.2, 0.25) is 6.41 Å². The molecule has 0 aliphatic carbocycles. The number of nitrogens with two attached hydrogens (primary N) is 1. The highest BCUT2D eigenvalue weighted by atomic mass is 16.3. The van der Waals surface area contributed by atoms with Gasteiger partial charge >= 0.3 is 0 Å². The summed E-state index contributed by atoms with van der Waals surface area (Å²) in [5.41, 5.74) is 5.41. The summed E-state index contributed by atoms with van der Waals surface area (Å²) in [6, 6.07) is 0.0723. The summed E-state index contributed by atoms with van der Waals surface area (Å²) >= 11 is 0. The van der Waals surface area contributed by atoms with Crippen LogP contribution in [0.2, 0.25) is 0 Å². The monoisotopic (exact) mass is 146 g/mol. The number of hydrogen-bond donors (Lipinski definition) is 3. The van der Waals surface area contributed by atoms with E-state index in [9.17, 15) is 4.79 Å². The first kappa shape index (κ1) is 9.39. The predicted octanol–water partition coefficient (Wildman–Crippen LogP) is -0.822. The maximum Gasteiger partial charge on any atom is 0.209 e. The molecule has 0 aliphatic heterocycles. The average Bonchev–Trinajstić information content (AvgIpc) is 1.85. The molecule has 0 radical (unpaired) electrons. The number of carbonyl (C=O) groups is 1. The van der Waals surface area contributed by atoms with Crippen molar-refractivity contribution in [2.24, 2.45) is 5.73 Å². The number of carbonyl (C=O) groups excluding carboxylic acids is 1. The van der Waals surface area contributed by atoms with E-state index < -0.39 is 6.23 Å². The Morgan fingerprint density at radius 1 is 1.70 bits per heavy atom. The van der Waals surface area contributed by atoms with Crippen molar-refractivity contribution >= 4 is 6.41 Å². The molecule has 0 rings (SSSR count). The maximum atomic E-state index is 9.76. The number of amides is 1. The average molecular weight is 146 g/mol. The summed E-state index contributed by atoms with van der Waals surface area (Å²) in [5, 5.41) is 11.1. The minimum absolute atomic E-state index is 0.0723. The van der Waals surface area contributed by atoms with Crippen molar-refractivity contribution in [2.75, 3.05) is 0 Å². The van der Waals surface area contributed by atoms with Crippen molar-refractivity contribution in [3.63, 3.8) is 0 Å². The van der Waals surface area contributed by atoms with Crippen molar-refractivity contribution in [3.05, 3.63) is 0 Å². The Kier molecular flexibility index (Phi) is 4.88. The maximum absolute atomic E-state index is 9.76. The molecular weight excluding hydrogens is 132 g/mol. The number of rotatable bonds is 5. The molecule has 0 fully saturated rings. The van der Waals surface area contributed by atoms with Crippen LogP contribution >= 0.6 is 0 Å². The van der Waals surface area contributed by atoms with Crippen LogP contribution in [0, 0.1) is 0 Å². The first-order chi connectivity index (χ1) is 4.66. The van der Waals surface area contributed by atoms with Crippen LogP contribution in [0.3, 0.4) is 0 Å². The van der Waals surface area contributed by atoms with E-state index in [1.807, 2.05) is 6.92 Å². The van der Waals surface area contributed by atoms with Gasteiger partial charge in [-0.05, 0) is 19.8 Å². The van der Waals surface area contributed by atoms with E-state index in [2.05, 4.69) is 5.32 Å². The molecule has 0 aromatic rings. The Labute approximate surface area is 60.4 Å². The summed E-state index contributed by atoms with van der Waals surface area (Å²) < 4.78 is 0. The molecule has 10 heavy (non-hydrogen) atoms. The lowest BCUT2D eigenvalue weighted by Crippen LogP contribution is -2.29. The second-order valence-electron chi connectivity index (χ2n) is 2.35. The van der Waals surface area contributed by atoms with Gasteiger partial charge in [-0.2, -0.15) is 0 Å². The molecule has 4 N–H and O–H groups in total. The quantitative estimate of drug-likeness (QED) is 0.350. The van der Waals surface area contributed by atoms with Gasteiger partial charge in [0.1, 0.15) is 6.23 Å². The van der Waals surface area contributed by atoms with E-state index in [-0.39, 0.29) is 6.04 Å². The molecule has 0 saturated heterocycles. The molecular formula is C6H14N2O2. The molecule has 1 amide bonds. The SMILES string of the molecule is CC(N)CCC(O)NC=O. The summed E-state index contributed by atoms with van der Waals surface area (Å²) in [5.74, 6) is 0. The Hall–Kier alpha value is -0.610. The molecule has 4 nitrogen and oxygen atoms in total. The third kappa shape index (κ3) is 5.53. The number of hydrogen-bond acceptors (Lipinski definition) is 3. The van der Waals surface area contributed by atoms with Crippen LogP contribution in [0.5, 0.6) is 0 Å². The normalized spacial score (nSPS) is 15.9. The molecule has 2 atom stereocenters. The van der Waals surface area contributed by atoms with Gasteiger partial charge in [-0.15, -0.1) is 0 Å². The fourth-order valence-corrected chi connectivity index (χ4v) is 0.583. The van der Waals surface area contributed by atoms with E-state index in [1.165, 1.54) is 0 Å². The summed E-state index contributed by atoms with van der Waals surface area (Å²) in [4.78, 5) is 9.76. The molecule has 2 unspecified atom stereocenters. The van der Waals surface area contributed by atoms with Gasteiger partial charge in [0, 0.05) is 6.04 Å². The molecule has 0 aliphatic rings. The second kappa shape index (κ2) is 5.20. The van der Waals surface area contributed by atoms with Crippen LogP contribution in [0.15, 0.2) is 0 Å². The van der Waals surface area contributed by atoms with Crippen molar-refractivity contribution in [1.82, 2.24) is 5.32 Å². The van der Waals surface area contributed by atoms with Crippen LogP contribution < -0.4 is 11.1 Å². The first-order valence-electron chi connectivity index (χ1n) is 3.30. The highest BCUT2D eigenvalue weighted by Gasteiger charge is 2.02. The van der Waals surface area contributed by atoms with Crippen LogP contribution in [-0.4, -0.2) is 23.8 Å². The molecule has 4 heteroatoms. The lowest BCUT2D eigenvalue weighted by Gasteiger charge is -2.09. The number of aliphatic hydroxyl groups is 1. The van der Waals surface area contributed by atoms with Gasteiger partial charge in [0.25, 0.3) is 0 Å². The first-order valence-corrected chi connectivity index (χ1v) is 3.30. The summed E-state index contributed by atoms with van der Waals surface area (Å²) in [6.07, 6.45) is 0.952. The largest absolute Gasteiger partial charge is 0.374 e. The van der Waals surface area contributed by atoms with Crippen molar-refractivity contribution in [1.29, 1.82) is 0 Å². The summed E-state index contributed by atoms with van der Waals surface area (Å²) in [6.45, 7) is 1.85. The topological polar surface area (TPSA) is 75.3 Å². The van der Waals surface area contributed by atoms with E-state index in [4.69, 9.17) is 10.8 Å². The van der Waals surface area contributed by atoms with Crippen LogP contribution in [-0.2, 0) is 4.79 Å².